The second kappa shape index (κ2) is 6.72. The minimum atomic E-state index is -0.641. The standard InChI is InChI=1S/C14H18ClN3O2/c1-3-6-18-14(16-9-17-18)8-20-13-5-4-11(15)7-12(13)10(2)19/h4-5,7,9-10,19H,3,6,8H2,1-2H3. The van der Waals surface area contributed by atoms with Crippen molar-refractivity contribution in [2.75, 3.05) is 0 Å². The Bertz CT molecular complexity index is 569. The maximum absolute atomic E-state index is 9.75. The van der Waals surface area contributed by atoms with Gasteiger partial charge in [0.05, 0.1) is 6.10 Å². The first-order chi connectivity index (χ1) is 9.61. The number of hydrogen-bond acceptors (Lipinski definition) is 4. The Morgan fingerprint density at radius 2 is 2.25 bits per heavy atom. The summed E-state index contributed by atoms with van der Waals surface area (Å²) in [5, 5.41) is 14.5. The number of nitrogens with zero attached hydrogens (tertiary/aromatic N) is 3. The molecule has 0 aliphatic heterocycles. The van der Waals surface area contributed by atoms with Gasteiger partial charge in [-0.05, 0) is 31.5 Å². The molecule has 1 heterocycles. The summed E-state index contributed by atoms with van der Waals surface area (Å²) in [7, 11) is 0. The van der Waals surface area contributed by atoms with E-state index in [1.54, 1.807) is 25.1 Å². The summed E-state index contributed by atoms with van der Waals surface area (Å²) in [6, 6.07) is 5.20. The van der Waals surface area contributed by atoms with Crippen LogP contribution in [0.1, 0.15) is 37.8 Å². The van der Waals surface area contributed by atoms with E-state index in [9.17, 15) is 5.11 Å². The first-order valence-corrected chi connectivity index (χ1v) is 6.96. The Kier molecular flexibility index (Phi) is 4.98. The van der Waals surface area contributed by atoms with E-state index in [0.29, 0.717) is 22.9 Å². The average molecular weight is 296 g/mol. The molecule has 1 aromatic heterocycles. The second-order valence-electron chi connectivity index (χ2n) is 4.55. The molecule has 20 heavy (non-hydrogen) atoms. The maximum atomic E-state index is 9.75. The number of benzene rings is 1. The molecule has 5 nitrogen and oxygen atoms in total. The number of hydrogen-bond donors (Lipinski definition) is 1. The molecular weight excluding hydrogens is 278 g/mol. The molecule has 2 aromatic rings. The average Bonchev–Trinajstić information content (AvgIpc) is 2.85. The van der Waals surface area contributed by atoms with Crippen LogP contribution in [0.3, 0.4) is 0 Å². The Morgan fingerprint density at radius 1 is 1.45 bits per heavy atom. The first kappa shape index (κ1) is 14.8. The van der Waals surface area contributed by atoms with Gasteiger partial charge >= 0.3 is 0 Å². The van der Waals surface area contributed by atoms with Crippen LogP contribution in [0.5, 0.6) is 5.75 Å². The number of aliphatic hydroxyl groups excluding tert-OH is 1. The summed E-state index contributed by atoms with van der Waals surface area (Å²) in [6.45, 7) is 4.87. The van der Waals surface area contributed by atoms with Crippen molar-refractivity contribution >= 4 is 11.6 Å². The number of aliphatic hydroxyl groups is 1. The van der Waals surface area contributed by atoms with Crippen molar-refractivity contribution in [3.63, 3.8) is 0 Å². The van der Waals surface area contributed by atoms with Crippen LogP contribution in [-0.2, 0) is 13.2 Å². The van der Waals surface area contributed by atoms with E-state index in [2.05, 4.69) is 17.0 Å². The van der Waals surface area contributed by atoms with Crippen molar-refractivity contribution in [3.05, 3.63) is 40.9 Å². The van der Waals surface area contributed by atoms with Crippen LogP contribution in [0.2, 0.25) is 5.02 Å². The SMILES string of the molecule is CCCn1ncnc1COc1ccc(Cl)cc1C(C)O. The second-order valence-corrected chi connectivity index (χ2v) is 4.98. The lowest BCUT2D eigenvalue weighted by Gasteiger charge is -2.14. The molecule has 1 unspecified atom stereocenters. The fourth-order valence-corrected chi connectivity index (χ4v) is 2.10. The number of aromatic nitrogens is 3. The summed E-state index contributed by atoms with van der Waals surface area (Å²) in [6.07, 6.45) is 1.86. The van der Waals surface area contributed by atoms with Gasteiger partial charge in [-0.2, -0.15) is 5.10 Å². The van der Waals surface area contributed by atoms with Crippen molar-refractivity contribution in [1.82, 2.24) is 14.8 Å². The number of halogens is 1. The van der Waals surface area contributed by atoms with Crippen LogP contribution in [0.4, 0.5) is 0 Å². The molecule has 0 bridgehead atoms. The van der Waals surface area contributed by atoms with Gasteiger partial charge in [-0.3, -0.25) is 0 Å². The zero-order valence-corrected chi connectivity index (χ0v) is 12.3. The van der Waals surface area contributed by atoms with Crippen molar-refractivity contribution in [2.24, 2.45) is 0 Å². The quantitative estimate of drug-likeness (QED) is 0.890. The summed E-state index contributed by atoms with van der Waals surface area (Å²) in [4.78, 5) is 4.18. The van der Waals surface area contributed by atoms with Crippen molar-refractivity contribution in [3.8, 4) is 5.75 Å². The molecule has 0 radical (unpaired) electrons. The van der Waals surface area contributed by atoms with Crippen LogP contribution < -0.4 is 4.74 Å². The molecule has 0 aliphatic carbocycles. The highest BCUT2D eigenvalue weighted by atomic mass is 35.5. The number of aryl methyl sites for hydroxylation is 1. The topological polar surface area (TPSA) is 60.2 Å². The predicted molar refractivity (Wildman–Crippen MR) is 76.7 cm³/mol. The maximum Gasteiger partial charge on any atom is 0.164 e. The zero-order chi connectivity index (χ0) is 14.5. The van der Waals surface area contributed by atoms with Gasteiger partial charge in [0.2, 0.25) is 0 Å². The number of ether oxygens (including phenoxy) is 1. The van der Waals surface area contributed by atoms with Gasteiger partial charge in [-0.1, -0.05) is 18.5 Å². The largest absolute Gasteiger partial charge is 0.485 e. The Labute approximate surface area is 123 Å². The highest BCUT2D eigenvalue weighted by Gasteiger charge is 2.11. The van der Waals surface area contributed by atoms with Gasteiger partial charge < -0.3 is 9.84 Å². The Morgan fingerprint density at radius 3 is 2.95 bits per heavy atom. The molecule has 1 aromatic carbocycles. The van der Waals surface area contributed by atoms with E-state index in [1.807, 2.05) is 4.68 Å². The van der Waals surface area contributed by atoms with E-state index >= 15 is 0 Å². The molecular formula is C14H18ClN3O2. The molecule has 0 amide bonds. The normalized spacial score (nSPS) is 12.4. The third-order valence-corrected chi connectivity index (χ3v) is 3.14. The van der Waals surface area contributed by atoms with Crippen molar-refractivity contribution < 1.29 is 9.84 Å². The van der Waals surface area contributed by atoms with Crippen molar-refractivity contribution in [2.45, 2.75) is 39.5 Å². The van der Waals surface area contributed by atoms with E-state index in [1.165, 1.54) is 6.33 Å². The Balaban J connectivity index is 2.12. The highest BCUT2D eigenvalue weighted by Crippen LogP contribution is 2.28. The molecule has 6 heteroatoms. The van der Waals surface area contributed by atoms with Crippen LogP contribution in [0.15, 0.2) is 24.5 Å². The molecule has 108 valence electrons. The Hall–Kier alpha value is -1.59. The van der Waals surface area contributed by atoms with Crippen LogP contribution in [0, 0.1) is 0 Å². The van der Waals surface area contributed by atoms with E-state index in [0.717, 1.165) is 18.8 Å². The molecule has 0 fully saturated rings. The summed E-state index contributed by atoms with van der Waals surface area (Å²) >= 11 is 5.93. The summed E-state index contributed by atoms with van der Waals surface area (Å²) in [5.74, 6) is 1.37. The van der Waals surface area contributed by atoms with Crippen LogP contribution in [-0.4, -0.2) is 19.9 Å². The molecule has 0 aliphatic rings. The smallest absolute Gasteiger partial charge is 0.164 e. The summed E-state index contributed by atoms with van der Waals surface area (Å²) in [5.41, 5.74) is 0.666. The minimum Gasteiger partial charge on any atom is -0.485 e. The van der Waals surface area contributed by atoms with E-state index < -0.39 is 6.10 Å². The van der Waals surface area contributed by atoms with Gasteiger partial charge in [0, 0.05) is 17.1 Å². The molecule has 0 spiro atoms. The fourth-order valence-electron chi connectivity index (χ4n) is 1.92. The fraction of sp³-hybridized carbons (Fsp3) is 0.429. The third-order valence-electron chi connectivity index (χ3n) is 2.91. The molecule has 1 atom stereocenters. The van der Waals surface area contributed by atoms with E-state index in [-0.39, 0.29) is 0 Å². The molecule has 1 N–H and O–H groups in total. The van der Waals surface area contributed by atoms with Gasteiger partial charge in [0.25, 0.3) is 0 Å². The third kappa shape index (κ3) is 3.49. The summed E-state index contributed by atoms with van der Waals surface area (Å²) < 4.78 is 7.56. The molecule has 0 saturated heterocycles. The van der Waals surface area contributed by atoms with Gasteiger partial charge in [0.15, 0.2) is 5.82 Å². The lowest BCUT2D eigenvalue weighted by molar-refractivity contribution is 0.189. The predicted octanol–water partition coefficient (Wildman–Crippen LogP) is 2.97. The highest BCUT2D eigenvalue weighted by molar-refractivity contribution is 6.30. The van der Waals surface area contributed by atoms with Gasteiger partial charge in [-0.25, -0.2) is 9.67 Å². The van der Waals surface area contributed by atoms with E-state index in [4.69, 9.17) is 16.3 Å². The first-order valence-electron chi connectivity index (χ1n) is 6.58. The zero-order valence-electron chi connectivity index (χ0n) is 11.6. The lowest BCUT2D eigenvalue weighted by atomic mass is 10.1. The van der Waals surface area contributed by atoms with Gasteiger partial charge in [-0.15, -0.1) is 0 Å². The minimum absolute atomic E-state index is 0.307. The molecule has 0 saturated carbocycles. The number of rotatable bonds is 6. The van der Waals surface area contributed by atoms with Crippen LogP contribution in [0.25, 0.3) is 0 Å². The van der Waals surface area contributed by atoms with Crippen molar-refractivity contribution in [1.29, 1.82) is 0 Å². The lowest BCUT2D eigenvalue weighted by Crippen LogP contribution is -2.09. The van der Waals surface area contributed by atoms with Gasteiger partial charge in [0.1, 0.15) is 18.7 Å². The monoisotopic (exact) mass is 295 g/mol. The molecule has 2 rings (SSSR count). The van der Waals surface area contributed by atoms with Crippen LogP contribution >= 0.6 is 11.6 Å².